The monoisotopic (exact) mass is 258 g/mol. The first kappa shape index (κ1) is 10.7. The lowest BCUT2D eigenvalue weighted by atomic mass is 10.3. The molecule has 1 aromatic heterocycles. The van der Waals surface area contributed by atoms with Crippen molar-refractivity contribution in [2.45, 2.75) is 9.10 Å². The van der Waals surface area contributed by atoms with E-state index in [0.29, 0.717) is 0 Å². The van der Waals surface area contributed by atoms with E-state index in [9.17, 15) is 4.21 Å². The van der Waals surface area contributed by atoms with Crippen LogP contribution in [0.2, 0.25) is 0 Å². The molecule has 0 saturated carbocycles. The molecule has 17 heavy (non-hydrogen) atoms. The molecule has 0 aliphatic heterocycles. The highest BCUT2D eigenvalue weighted by Crippen LogP contribution is 2.30. The molecular weight excluding hydrogens is 248 g/mol. The van der Waals surface area contributed by atoms with Gasteiger partial charge in [-0.2, -0.15) is 0 Å². The number of benzene rings is 2. The first-order valence-electron chi connectivity index (χ1n) is 5.30. The number of fused-ring (bicyclic) bond motifs is 1. The highest BCUT2D eigenvalue weighted by molar-refractivity contribution is 7.87. The second kappa shape index (κ2) is 4.43. The highest BCUT2D eigenvalue weighted by atomic mass is 32.2. The molecule has 0 spiro atoms. The van der Waals surface area contributed by atoms with Crippen LogP contribution in [0, 0.1) is 0 Å². The molecule has 0 bridgehead atoms. The second-order valence-corrected chi connectivity index (χ2v) is 6.48. The van der Waals surface area contributed by atoms with Crippen molar-refractivity contribution in [3.63, 3.8) is 0 Å². The summed E-state index contributed by atoms with van der Waals surface area (Å²) in [7, 11) is -1.06. The molecule has 2 aromatic carbocycles. The molecule has 0 radical (unpaired) electrons. The average molecular weight is 258 g/mol. The van der Waals surface area contributed by atoms with Crippen LogP contribution in [0.1, 0.15) is 0 Å². The Hall–Kier alpha value is -1.45. The molecule has 0 amide bonds. The summed E-state index contributed by atoms with van der Waals surface area (Å²) in [6.45, 7) is 0. The van der Waals surface area contributed by atoms with Gasteiger partial charge in [-0.1, -0.05) is 36.4 Å². The molecule has 3 heteroatoms. The topological polar surface area (TPSA) is 17.1 Å². The summed E-state index contributed by atoms with van der Waals surface area (Å²) in [5, 5.41) is 1.16. The fourth-order valence-corrected chi connectivity index (χ4v) is 4.23. The third-order valence-corrected chi connectivity index (χ3v) is 5.34. The van der Waals surface area contributed by atoms with Gasteiger partial charge in [-0.15, -0.1) is 11.3 Å². The van der Waals surface area contributed by atoms with Gasteiger partial charge in [0.15, 0.2) is 0 Å². The summed E-state index contributed by atoms with van der Waals surface area (Å²) in [5.74, 6) is 0. The van der Waals surface area contributed by atoms with Crippen molar-refractivity contribution >= 4 is 32.2 Å². The van der Waals surface area contributed by atoms with E-state index in [1.165, 1.54) is 4.70 Å². The Kier molecular flexibility index (Phi) is 2.79. The predicted molar refractivity (Wildman–Crippen MR) is 72.9 cm³/mol. The Labute approximate surface area is 106 Å². The SMILES string of the molecule is O=S(c1ccccc1)c1cc2ccccc2s1. The zero-order chi connectivity index (χ0) is 11.7. The maximum absolute atomic E-state index is 12.3. The van der Waals surface area contributed by atoms with Gasteiger partial charge in [0, 0.05) is 9.60 Å². The van der Waals surface area contributed by atoms with E-state index in [0.717, 1.165) is 14.5 Å². The number of hydrogen-bond donors (Lipinski definition) is 0. The number of rotatable bonds is 2. The molecule has 1 heterocycles. The van der Waals surface area contributed by atoms with Gasteiger partial charge in [0.25, 0.3) is 0 Å². The Balaban J connectivity index is 2.07. The van der Waals surface area contributed by atoms with Gasteiger partial charge < -0.3 is 0 Å². The Morgan fingerprint density at radius 2 is 1.59 bits per heavy atom. The largest absolute Gasteiger partial charge is 0.248 e. The lowest BCUT2D eigenvalue weighted by Gasteiger charge is -1.97. The minimum absolute atomic E-state index is 0.860. The zero-order valence-electron chi connectivity index (χ0n) is 9.00. The molecule has 0 fully saturated rings. The van der Waals surface area contributed by atoms with Crippen LogP contribution in [0.25, 0.3) is 10.1 Å². The fourth-order valence-electron chi connectivity index (χ4n) is 1.71. The lowest BCUT2D eigenvalue weighted by Crippen LogP contribution is -1.87. The van der Waals surface area contributed by atoms with E-state index in [2.05, 4.69) is 12.1 Å². The first-order chi connectivity index (χ1) is 8.34. The van der Waals surface area contributed by atoms with Gasteiger partial charge in [0.2, 0.25) is 0 Å². The van der Waals surface area contributed by atoms with Crippen LogP contribution in [-0.2, 0) is 10.8 Å². The molecular formula is C14H10OS2. The summed E-state index contributed by atoms with van der Waals surface area (Å²) < 4.78 is 14.4. The molecule has 0 N–H and O–H groups in total. The Bertz CT molecular complexity index is 638. The quantitative estimate of drug-likeness (QED) is 0.677. The molecule has 1 nitrogen and oxygen atoms in total. The van der Waals surface area contributed by atoms with E-state index in [4.69, 9.17) is 0 Å². The zero-order valence-corrected chi connectivity index (χ0v) is 10.6. The minimum Gasteiger partial charge on any atom is -0.248 e. The maximum Gasteiger partial charge on any atom is 0.0972 e. The van der Waals surface area contributed by atoms with Crippen LogP contribution in [0.15, 0.2) is 69.8 Å². The maximum atomic E-state index is 12.3. The summed E-state index contributed by atoms with van der Waals surface area (Å²) in [5.41, 5.74) is 0. The summed E-state index contributed by atoms with van der Waals surface area (Å²) in [6, 6.07) is 19.7. The van der Waals surface area contributed by atoms with Crippen LogP contribution in [0.3, 0.4) is 0 Å². The van der Waals surface area contributed by atoms with Crippen molar-refractivity contribution in [3.05, 3.63) is 60.7 Å². The molecule has 0 aliphatic rings. The van der Waals surface area contributed by atoms with Crippen LogP contribution in [0.4, 0.5) is 0 Å². The summed E-state index contributed by atoms with van der Waals surface area (Å²) in [6.07, 6.45) is 0. The molecule has 84 valence electrons. The molecule has 1 atom stereocenters. The molecule has 3 aromatic rings. The summed E-state index contributed by atoms with van der Waals surface area (Å²) >= 11 is 1.60. The van der Waals surface area contributed by atoms with Crippen molar-refractivity contribution in [2.24, 2.45) is 0 Å². The normalized spacial score (nSPS) is 12.7. The highest BCUT2D eigenvalue weighted by Gasteiger charge is 2.10. The van der Waals surface area contributed by atoms with Gasteiger partial charge in [0.05, 0.1) is 15.0 Å². The van der Waals surface area contributed by atoms with Gasteiger partial charge >= 0.3 is 0 Å². The fraction of sp³-hybridized carbons (Fsp3) is 0. The third-order valence-electron chi connectivity index (χ3n) is 2.54. The van der Waals surface area contributed by atoms with Crippen molar-refractivity contribution < 1.29 is 4.21 Å². The second-order valence-electron chi connectivity index (χ2n) is 3.69. The van der Waals surface area contributed by atoms with Crippen molar-refractivity contribution in [1.29, 1.82) is 0 Å². The molecule has 0 aliphatic carbocycles. The van der Waals surface area contributed by atoms with E-state index in [1.54, 1.807) is 11.3 Å². The first-order valence-corrected chi connectivity index (χ1v) is 7.26. The van der Waals surface area contributed by atoms with Gasteiger partial charge in [-0.05, 0) is 29.7 Å². The third kappa shape index (κ3) is 2.04. The standard InChI is InChI=1S/C14H10OS2/c15-17(12-7-2-1-3-8-12)14-10-11-6-4-5-9-13(11)16-14/h1-10H. The molecule has 1 unspecified atom stereocenters. The van der Waals surface area contributed by atoms with Gasteiger partial charge in [0.1, 0.15) is 0 Å². The van der Waals surface area contributed by atoms with Gasteiger partial charge in [-0.3, -0.25) is 0 Å². The van der Waals surface area contributed by atoms with E-state index in [1.807, 2.05) is 48.5 Å². The Morgan fingerprint density at radius 3 is 2.35 bits per heavy atom. The van der Waals surface area contributed by atoms with Crippen LogP contribution < -0.4 is 0 Å². The van der Waals surface area contributed by atoms with Gasteiger partial charge in [-0.25, -0.2) is 4.21 Å². The molecule has 3 rings (SSSR count). The smallest absolute Gasteiger partial charge is 0.0972 e. The average Bonchev–Trinajstić information content (AvgIpc) is 2.82. The predicted octanol–water partition coefficient (Wildman–Crippen LogP) is 4.07. The van der Waals surface area contributed by atoms with Crippen LogP contribution in [-0.4, -0.2) is 4.21 Å². The van der Waals surface area contributed by atoms with Crippen molar-refractivity contribution in [2.75, 3.05) is 0 Å². The van der Waals surface area contributed by atoms with E-state index < -0.39 is 10.8 Å². The Morgan fingerprint density at radius 1 is 0.882 bits per heavy atom. The van der Waals surface area contributed by atoms with E-state index >= 15 is 0 Å². The van der Waals surface area contributed by atoms with Crippen LogP contribution >= 0.6 is 11.3 Å². The minimum atomic E-state index is -1.06. The lowest BCUT2D eigenvalue weighted by molar-refractivity contribution is 0.684. The van der Waals surface area contributed by atoms with Crippen LogP contribution in [0.5, 0.6) is 0 Å². The molecule has 0 saturated heterocycles. The number of hydrogen-bond acceptors (Lipinski definition) is 2. The number of thiophene rings is 1. The van der Waals surface area contributed by atoms with Crippen molar-refractivity contribution in [1.82, 2.24) is 0 Å². The summed E-state index contributed by atoms with van der Waals surface area (Å²) in [4.78, 5) is 0.860. The van der Waals surface area contributed by atoms with E-state index in [-0.39, 0.29) is 0 Å². The van der Waals surface area contributed by atoms with Crippen molar-refractivity contribution in [3.8, 4) is 0 Å².